The van der Waals surface area contributed by atoms with Crippen LogP contribution in [0, 0.1) is 0 Å². The van der Waals surface area contributed by atoms with Crippen molar-refractivity contribution in [2.45, 2.75) is 19.4 Å². The Labute approximate surface area is 186 Å². The van der Waals surface area contributed by atoms with Crippen LogP contribution < -0.4 is 9.64 Å². The highest BCUT2D eigenvalue weighted by molar-refractivity contribution is 6.37. The van der Waals surface area contributed by atoms with Crippen LogP contribution in [0.4, 0.5) is 5.69 Å². The van der Waals surface area contributed by atoms with E-state index in [1.807, 2.05) is 59.5 Å². The number of amides is 2. The molecule has 0 atom stereocenters. The molecule has 2 aliphatic heterocycles. The van der Waals surface area contributed by atoms with Crippen molar-refractivity contribution in [1.82, 2.24) is 9.88 Å². The Morgan fingerprint density at radius 1 is 0.938 bits per heavy atom. The van der Waals surface area contributed by atoms with Crippen molar-refractivity contribution in [1.29, 1.82) is 0 Å². The third kappa shape index (κ3) is 3.34. The van der Waals surface area contributed by atoms with Crippen LogP contribution in [0.25, 0.3) is 5.57 Å². The number of carbonyl (C=O) groups is 2. The maximum atomic E-state index is 13.8. The number of aryl methyl sites for hydroxylation is 1. The number of ether oxygens (including phenoxy) is 1. The minimum Gasteiger partial charge on any atom is -0.496 e. The number of fused-ring (bicyclic) bond motifs is 1. The Morgan fingerprint density at radius 2 is 1.69 bits per heavy atom. The lowest BCUT2D eigenvalue weighted by Gasteiger charge is -2.32. The number of anilines is 1. The molecule has 0 saturated heterocycles. The first-order valence-electron chi connectivity index (χ1n) is 10.7. The molecule has 0 N–H and O–H groups in total. The number of para-hydroxylation sites is 2. The van der Waals surface area contributed by atoms with Gasteiger partial charge in [-0.05, 0) is 48.2 Å². The fraction of sp³-hybridized carbons (Fsp3) is 0.192. The highest BCUT2D eigenvalue weighted by atomic mass is 16.5. The number of nitrogens with zero attached hydrogens (tertiary/aromatic N) is 3. The number of hydrogen-bond donors (Lipinski definition) is 0. The van der Waals surface area contributed by atoms with Gasteiger partial charge in [0, 0.05) is 30.2 Å². The first kappa shape index (κ1) is 20.0. The second-order valence-electron chi connectivity index (χ2n) is 7.86. The van der Waals surface area contributed by atoms with E-state index >= 15 is 0 Å². The standard InChI is InChI=1S/C26H23N3O3/c1-32-22-11-5-3-9-20(22)23-24(28-16-6-8-19-7-2-4-10-21(19)28)26(31)29(25(23)30)17-18-12-14-27-15-13-18/h2-5,7,9-15H,6,8,16-17H2,1H3. The van der Waals surface area contributed by atoms with E-state index in [9.17, 15) is 9.59 Å². The lowest BCUT2D eigenvalue weighted by molar-refractivity contribution is -0.137. The summed E-state index contributed by atoms with van der Waals surface area (Å²) in [5.41, 5.74) is 4.44. The van der Waals surface area contributed by atoms with E-state index in [1.165, 1.54) is 10.5 Å². The van der Waals surface area contributed by atoms with Crippen LogP contribution in [-0.2, 0) is 22.6 Å². The van der Waals surface area contributed by atoms with Gasteiger partial charge in [0.05, 0.1) is 19.2 Å². The molecule has 2 aromatic carbocycles. The van der Waals surface area contributed by atoms with Gasteiger partial charge in [0.1, 0.15) is 11.4 Å². The van der Waals surface area contributed by atoms with Crippen molar-refractivity contribution < 1.29 is 14.3 Å². The molecular weight excluding hydrogens is 402 g/mol. The van der Waals surface area contributed by atoms with Gasteiger partial charge in [0.25, 0.3) is 11.8 Å². The number of benzene rings is 2. The number of pyridine rings is 1. The minimum absolute atomic E-state index is 0.192. The summed E-state index contributed by atoms with van der Waals surface area (Å²) in [7, 11) is 1.57. The summed E-state index contributed by atoms with van der Waals surface area (Å²) in [6.45, 7) is 0.866. The van der Waals surface area contributed by atoms with Gasteiger partial charge in [-0.15, -0.1) is 0 Å². The van der Waals surface area contributed by atoms with E-state index in [2.05, 4.69) is 11.1 Å². The number of imide groups is 1. The molecule has 6 nitrogen and oxygen atoms in total. The van der Waals surface area contributed by atoms with Crippen LogP contribution in [0.3, 0.4) is 0 Å². The number of methoxy groups -OCH3 is 1. The van der Waals surface area contributed by atoms with Crippen molar-refractivity contribution in [2.24, 2.45) is 0 Å². The van der Waals surface area contributed by atoms with Crippen molar-refractivity contribution in [3.8, 4) is 5.75 Å². The third-order valence-corrected chi connectivity index (χ3v) is 5.99. The highest BCUT2D eigenvalue weighted by Crippen LogP contribution is 2.40. The van der Waals surface area contributed by atoms with E-state index in [0.29, 0.717) is 29.1 Å². The van der Waals surface area contributed by atoms with Gasteiger partial charge >= 0.3 is 0 Å². The molecule has 5 rings (SSSR count). The van der Waals surface area contributed by atoms with Gasteiger partial charge in [-0.3, -0.25) is 19.5 Å². The molecule has 0 unspecified atom stereocenters. The summed E-state index contributed by atoms with van der Waals surface area (Å²) < 4.78 is 5.56. The molecule has 160 valence electrons. The number of carbonyl (C=O) groups excluding carboxylic acids is 2. The summed E-state index contributed by atoms with van der Waals surface area (Å²) in [6.07, 6.45) is 5.19. The molecular formula is C26H23N3O3. The molecule has 6 heteroatoms. The normalized spacial score (nSPS) is 15.9. The molecule has 0 fully saturated rings. The lowest BCUT2D eigenvalue weighted by atomic mass is 9.98. The zero-order valence-electron chi connectivity index (χ0n) is 17.8. The van der Waals surface area contributed by atoms with Crippen molar-refractivity contribution in [3.63, 3.8) is 0 Å². The Hall–Kier alpha value is -3.93. The van der Waals surface area contributed by atoms with Gasteiger partial charge in [-0.25, -0.2) is 0 Å². The Bertz CT molecular complexity index is 1220. The molecule has 1 aromatic heterocycles. The molecule has 0 spiro atoms. The molecule has 0 aliphatic carbocycles. The monoisotopic (exact) mass is 425 g/mol. The maximum Gasteiger partial charge on any atom is 0.278 e. The minimum atomic E-state index is -0.311. The first-order chi connectivity index (χ1) is 15.7. The summed E-state index contributed by atoms with van der Waals surface area (Å²) in [4.78, 5) is 34.8. The second-order valence-corrected chi connectivity index (χ2v) is 7.86. The molecule has 2 aliphatic rings. The summed E-state index contributed by atoms with van der Waals surface area (Å²) in [5.74, 6) is -0.0315. The van der Waals surface area contributed by atoms with Crippen LogP contribution in [0.1, 0.15) is 23.1 Å². The van der Waals surface area contributed by atoms with Crippen LogP contribution in [0.5, 0.6) is 5.75 Å². The quantitative estimate of drug-likeness (QED) is 0.582. The van der Waals surface area contributed by atoms with Gasteiger partial charge < -0.3 is 9.64 Å². The van der Waals surface area contributed by atoms with Crippen molar-refractivity contribution in [2.75, 3.05) is 18.6 Å². The zero-order valence-corrected chi connectivity index (χ0v) is 17.8. The lowest BCUT2D eigenvalue weighted by Crippen LogP contribution is -2.36. The van der Waals surface area contributed by atoms with Crippen molar-refractivity contribution >= 4 is 23.1 Å². The number of aromatic nitrogens is 1. The molecule has 32 heavy (non-hydrogen) atoms. The smallest absolute Gasteiger partial charge is 0.278 e. The molecule has 3 heterocycles. The summed E-state index contributed by atoms with van der Waals surface area (Å²) in [6, 6.07) is 19.1. The fourth-order valence-corrected chi connectivity index (χ4v) is 4.49. The Morgan fingerprint density at radius 3 is 2.50 bits per heavy atom. The molecule has 0 radical (unpaired) electrons. The number of rotatable bonds is 5. The van der Waals surface area contributed by atoms with Crippen molar-refractivity contribution in [3.05, 3.63) is 95.4 Å². The molecule has 0 bridgehead atoms. The van der Waals surface area contributed by atoms with Crippen LogP contribution in [-0.4, -0.2) is 35.4 Å². The largest absolute Gasteiger partial charge is 0.496 e. The molecule has 3 aromatic rings. The SMILES string of the molecule is COc1ccccc1C1=C(N2CCCc3ccccc32)C(=O)N(Cc2ccncc2)C1=O. The van der Waals surface area contributed by atoms with Gasteiger partial charge in [0.2, 0.25) is 0 Å². The van der Waals surface area contributed by atoms with E-state index in [-0.39, 0.29) is 18.4 Å². The number of hydrogen-bond acceptors (Lipinski definition) is 5. The van der Waals surface area contributed by atoms with Gasteiger partial charge in [0.15, 0.2) is 0 Å². The first-order valence-corrected chi connectivity index (χ1v) is 10.7. The topological polar surface area (TPSA) is 62.7 Å². The highest BCUT2D eigenvalue weighted by Gasteiger charge is 2.43. The average molecular weight is 425 g/mol. The van der Waals surface area contributed by atoms with Crippen LogP contribution in [0.15, 0.2) is 78.8 Å². The van der Waals surface area contributed by atoms with Crippen LogP contribution in [0.2, 0.25) is 0 Å². The molecule has 0 saturated carbocycles. The fourth-order valence-electron chi connectivity index (χ4n) is 4.49. The predicted octanol–water partition coefficient (Wildman–Crippen LogP) is 3.82. The van der Waals surface area contributed by atoms with Gasteiger partial charge in [-0.1, -0.05) is 36.4 Å². The van der Waals surface area contributed by atoms with E-state index in [1.54, 1.807) is 19.5 Å². The second kappa shape index (κ2) is 8.30. The van der Waals surface area contributed by atoms with Gasteiger partial charge in [-0.2, -0.15) is 0 Å². The Kier molecular flexibility index (Phi) is 5.19. The van der Waals surface area contributed by atoms with E-state index < -0.39 is 0 Å². The van der Waals surface area contributed by atoms with E-state index in [0.717, 1.165) is 24.1 Å². The van der Waals surface area contributed by atoms with E-state index in [4.69, 9.17) is 4.74 Å². The zero-order chi connectivity index (χ0) is 22.1. The Balaban J connectivity index is 1.66. The third-order valence-electron chi connectivity index (χ3n) is 5.99. The summed E-state index contributed by atoms with van der Waals surface area (Å²) >= 11 is 0. The average Bonchev–Trinajstić information content (AvgIpc) is 3.08. The predicted molar refractivity (Wildman–Crippen MR) is 122 cm³/mol. The maximum absolute atomic E-state index is 13.8. The molecule has 2 amide bonds. The van der Waals surface area contributed by atoms with Crippen LogP contribution >= 0.6 is 0 Å². The summed E-state index contributed by atoms with van der Waals surface area (Å²) in [5, 5.41) is 0.